The highest BCUT2D eigenvalue weighted by molar-refractivity contribution is 7.16. The van der Waals surface area contributed by atoms with E-state index in [-0.39, 0.29) is 0 Å². The summed E-state index contributed by atoms with van der Waals surface area (Å²) in [7, 11) is 0. The minimum atomic E-state index is 0.299. The number of aromatic nitrogens is 2. The van der Waals surface area contributed by atoms with E-state index in [0.29, 0.717) is 13.3 Å². The van der Waals surface area contributed by atoms with Crippen molar-refractivity contribution in [3.63, 3.8) is 0 Å². The van der Waals surface area contributed by atoms with Crippen LogP contribution in [0.5, 0.6) is 11.5 Å². The molecule has 0 fully saturated rings. The third-order valence-electron chi connectivity index (χ3n) is 3.58. The van der Waals surface area contributed by atoms with Crippen molar-refractivity contribution in [1.82, 2.24) is 9.97 Å². The first-order chi connectivity index (χ1) is 10.8. The summed E-state index contributed by atoms with van der Waals surface area (Å²) in [5.41, 5.74) is 1.13. The molecule has 0 amide bonds. The summed E-state index contributed by atoms with van der Waals surface area (Å²) in [5.74, 6) is 3.36. The predicted molar refractivity (Wildman–Crippen MR) is 86.7 cm³/mol. The summed E-state index contributed by atoms with van der Waals surface area (Å²) in [6.45, 7) is 3.05. The van der Waals surface area contributed by atoms with E-state index in [9.17, 15) is 0 Å². The van der Waals surface area contributed by atoms with Crippen LogP contribution in [-0.2, 0) is 13.0 Å². The van der Waals surface area contributed by atoms with E-state index in [1.165, 1.54) is 0 Å². The van der Waals surface area contributed by atoms with Crippen molar-refractivity contribution in [3.05, 3.63) is 41.0 Å². The Kier molecular flexibility index (Phi) is 3.31. The van der Waals surface area contributed by atoms with Crippen molar-refractivity contribution in [2.24, 2.45) is 0 Å². The average Bonchev–Trinajstić information content (AvgIpc) is 3.20. The number of fused-ring (bicyclic) bond motifs is 2. The molecule has 0 unspecified atom stereocenters. The molecule has 3 aromatic rings. The molecule has 1 aliphatic rings. The Morgan fingerprint density at radius 2 is 2.09 bits per heavy atom. The largest absolute Gasteiger partial charge is 0.454 e. The number of hydrogen-bond acceptors (Lipinski definition) is 6. The van der Waals surface area contributed by atoms with E-state index in [1.807, 2.05) is 23.6 Å². The average molecular weight is 313 g/mol. The maximum absolute atomic E-state index is 5.41. The molecular weight excluding hydrogens is 298 g/mol. The van der Waals surface area contributed by atoms with Crippen LogP contribution in [0.2, 0.25) is 0 Å². The van der Waals surface area contributed by atoms with Crippen molar-refractivity contribution < 1.29 is 9.47 Å². The minimum absolute atomic E-state index is 0.299. The molecule has 1 aliphatic heterocycles. The van der Waals surface area contributed by atoms with Gasteiger partial charge in [-0.2, -0.15) is 0 Å². The summed E-state index contributed by atoms with van der Waals surface area (Å²) in [5, 5.41) is 6.53. The molecule has 22 heavy (non-hydrogen) atoms. The van der Waals surface area contributed by atoms with E-state index in [1.54, 1.807) is 11.3 Å². The highest BCUT2D eigenvalue weighted by Gasteiger charge is 2.13. The van der Waals surface area contributed by atoms with E-state index >= 15 is 0 Å². The van der Waals surface area contributed by atoms with E-state index in [4.69, 9.17) is 9.47 Å². The van der Waals surface area contributed by atoms with Gasteiger partial charge in [-0.15, -0.1) is 11.3 Å². The fourth-order valence-corrected chi connectivity index (χ4v) is 3.21. The van der Waals surface area contributed by atoms with Gasteiger partial charge in [0.15, 0.2) is 11.5 Å². The molecule has 0 spiro atoms. The molecule has 6 heteroatoms. The lowest BCUT2D eigenvalue weighted by Gasteiger charge is -2.09. The fraction of sp³-hybridized carbons (Fsp3) is 0.250. The predicted octanol–water partition coefficient (Wildman–Crippen LogP) is 3.59. The summed E-state index contributed by atoms with van der Waals surface area (Å²) in [4.78, 5) is 10.2. The number of thiophene rings is 1. The topological polar surface area (TPSA) is 56.3 Å². The van der Waals surface area contributed by atoms with Crippen LogP contribution >= 0.6 is 11.3 Å². The Labute approximate surface area is 131 Å². The van der Waals surface area contributed by atoms with Gasteiger partial charge in [-0.1, -0.05) is 13.0 Å². The zero-order valence-electron chi connectivity index (χ0n) is 12.1. The molecule has 0 atom stereocenters. The third-order valence-corrected chi connectivity index (χ3v) is 4.39. The second-order valence-electron chi connectivity index (χ2n) is 5.02. The number of rotatable bonds is 4. The Bertz CT molecular complexity index is 831. The van der Waals surface area contributed by atoms with Crippen molar-refractivity contribution in [3.8, 4) is 11.5 Å². The molecule has 0 aliphatic carbocycles. The molecular formula is C16H15N3O2S. The van der Waals surface area contributed by atoms with Crippen molar-refractivity contribution in [2.45, 2.75) is 19.9 Å². The quantitative estimate of drug-likeness (QED) is 0.797. The standard InChI is InChI=1S/C16H15N3O2S/c1-2-14-18-15(11-5-6-22-16(11)19-14)17-8-10-3-4-12-13(7-10)21-9-20-12/h3-7H,2,8-9H2,1H3,(H,17,18,19). The number of aryl methyl sites for hydroxylation is 1. The Hall–Kier alpha value is -2.34. The molecule has 4 rings (SSSR count). The van der Waals surface area contributed by atoms with Crippen molar-refractivity contribution >= 4 is 27.4 Å². The number of anilines is 1. The molecule has 1 N–H and O–H groups in total. The number of benzene rings is 1. The maximum Gasteiger partial charge on any atom is 0.231 e. The molecule has 0 saturated heterocycles. The number of nitrogens with zero attached hydrogens (tertiary/aromatic N) is 2. The lowest BCUT2D eigenvalue weighted by molar-refractivity contribution is 0.174. The second kappa shape index (κ2) is 5.46. The van der Waals surface area contributed by atoms with Gasteiger partial charge in [0.2, 0.25) is 6.79 Å². The number of hydrogen-bond donors (Lipinski definition) is 1. The smallest absolute Gasteiger partial charge is 0.231 e. The molecule has 112 valence electrons. The van der Waals surface area contributed by atoms with Crippen molar-refractivity contribution in [2.75, 3.05) is 12.1 Å². The van der Waals surface area contributed by atoms with E-state index in [0.717, 1.165) is 45.3 Å². The monoisotopic (exact) mass is 313 g/mol. The molecule has 5 nitrogen and oxygen atoms in total. The first kappa shape index (κ1) is 13.3. The molecule has 2 aromatic heterocycles. The molecule has 0 radical (unpaired) electrons. The molecule has 3 heterocycles. The van der Waals surface area contributed by atoms with Crippen LogP contribution in [0.1, 0.15) is 18.3 Å². The van der Waals surface area contributed by atoms with Gasteiger partial charge < -0.3 is 14.8 Å². The van der Waals surface area contributed by atoms with Gasteiger partial charge in [-0.3, -0.25) is 0 Å². The van der Waals surface area contributed by atoms with Gasteiger partial charge in [-0.25, -0.2) is 9.97 Å². The van der Waals surface area contributed by atoms with Gasteiger partial charge in [-0.05, 0) is 29.1 Å². The van der Waals surface area contributed by atoms with Gasteiger partial charge in [0.05, 0.1) is 5.39 Å². The van der Waals surface area contributed by atoms with Gasteiger partial charge in [0.1, 0.15) is 16.5 Å². The molecule has 0 saturated carbocycles. The highest BCUT2D eigenvalue weighted by Crippen LogP contribution is 2.33. The molecule has 0 bridgehead atoms. The maximum atomic E-state index is 5.41. The highest BCUT2D eigenvalue weighted by atomic mass is 32.1. The van der Waals surface area contributed by atoms with Gasteiger partial charge >= 0.3 is 0 Å². The van der Waals surface area contributed by atoms with E-state index < -0.39 is 0 Å². The van der Waals surface area contributed by atoms with Crippen LogP contribution in [-0.4, -0.2) is 16.8 Å². The Balaban J connectivity index is 1.60. The van der Waals surface area contributed by atoms with Gasteiger partial charge in [0.25, 0.3) is 0 Å². The normalized spacial score (nSPS) is 12.8. The summed E-state index contributed by atoms with van der Waals surface area (Å²) in [6, 6.07) is 8.04. The van der Waals surface area contributed by atoms with Crippen molar-refractivity contribution in [1.29, 1.82) is 0 Å². The van der Waals surface area contributed by atoms with Crippen LogP contribution < -0.4 is 14.8 Å². The van der Waals surface area contributed by atoms with Gasteiger partial charge in [0, 0.05) is 13.0 Å². The molecule has 1 aromatic carbocycles. The van der Waals surface area contributed by atoms with Crippen LogP contribution in [0.25, 0.3) is 10.2 Å². The Morgan fingerprint density at radius 3 is 3.00 bits per heavy atom. The lowest BCUT2D eigenvalue weighted by atomic mass is 10.2. The lowest BCUT2D eigenvalue weighted by Crippen LogP contribution is -2.04. The summed E-state index contributed by atoms with van der Waals surface area (Å²) >= 11 is 1.64. The Morgan fingerprint density at radius 1 is 1.18 bits per heavy atom. The van der Waals surface area contributed by atoms with E-state index in [2.05, 4.69) is 28.3 Å². The first-order valence-electron chi connectivity index (χ1n) is 7.20. The summed E-state index contributed by atoms with van der Waals surface area (Å²) < 4.78 is 10.7. The first-order valence-corrected chi connectivity index (χ1v) is 8.08. The minimum Gasteiger partial charge on any atom is -0.454 e. The zero-order chi connectivity index (χ0) is 14.9. The third kappa shape index (κ3) is 2.35. The van der Waals surface area contributed by atoms with Crippen LogP contribution in [0.3, 0.4) is 0 Å². The van der Waals surface area contributed by atoms with Crippen LogP contribution in [0.4, 0.5) is 5.82 Å². The van der Waals surface area contributed by atoms with Crippen LogP contribution in [0, 0.1) is 0 Å². The number of nitrogens with one attached hydrogen (secondary N) is 1. The zero-order valence-corrected chi connectivity index (χ0v) is 12.9. The number of ether oxygens (including phenoxy) is 2. The summed E-state index contributed by atoms with van der Waals surface area (Å²) in [6.07, 6.45) is 0.826. The second-order valence-corrected chi connectivity index (χ2v) is 5.92. The van der Waals surface area contributed by atoms with Crippen LogP contribution in [0.15, 0.2) is 29.6 Å². The fourth-order valence-electron chi connectivity index (χ4n) is 2.43. The SMILES string of the molecule is CCc1nc(NCc2ccc3c(c2)OCO3)c2ccsc2n1.